The van der Waals surface area contributed by atoms with E-state index in [0.29, 0.717) is 17.1 Å². The summed E-state index contributed by atoms with van der Waals surface area (Å²) in [6.45, 7) is 2.63. The van der Waals surface area contributed by atoms with Crippen LogP contribution in [-0.2, 0) is 0 Å². The zero-order chi connectivity index (χ0) is 17.6. The van der Waals surface area contributed by atoms with Crippen molar-refractivity contribution < 1.29 is 4.74 Å². The highest BCUT2D eigenvalue weighted by Crippen LogP contribution is 2.27. The highest BCUT2D eigenvalue weighted by atomic mass is 32.1. The number of aromatic nitrogens is 1. The van der Waals surface area contributed by atoms with E-state index in [-0.39, 0.29) is 5.56 Å². The van der Waals surface area contributed by atoms with E-state index in [1.165, 1.54) is 11.5 Å². The van der Waals surface area contributed by atoms with Crippen LogP contribution in [0.2, 0.25) is 0 Å². The summed E-state index contributed by atoms with van der Waals surface area (Å²) in [6, 6.07) is 17.1. The largest absolute Gasteiger partial charge is 0.457 e. The highest BCUT2D eigenvalue weighted by Gasteiger charge is 2.17. The lowest BCUT2D eigenvalue weighted by atomic mass is 10.2. The van der Waals surface area contributed by atoms with Gasteiger partial charge in [-0.2, -0.15) is 0 Å². The van der Waals surface area contributed by atoms with Crippen molar-refractivity contribution in [1.29, 1.82) is 0 Å². The maximum atomic E-state index is 12.0. The minimum absolute atomic E-state index is 0.176. The number of benzene rings is 2. The van der Waals surface area contributed by atoms with Crippen molar-refractivity contribution in [1.82, 2.24) is 9.69 Å². The van der Waals surface area contributed by atoms with E-state index in [9.17, 15) is 4.79 Å². The molecule has 0 aliphatic heterocycles. The third-order valence-corrected chi connectivity index (χ3v) is 4.37. The molecule has 7 heteroatoms. The monoisotopic (exact) mass is 356 g/mol. The van der Waals surface area contributed by atoms with Gasteiger partial charge in [0.15, 0.2) is 0 Å². The average Bonchev–Trinajstić information content (AvgIpc) is 2.98. The molecule has 0 aliphatic carbocycles. The first kappa shape index (κ1) is 17.2. The van der Waals surface area contributed by atoms with E-state index >= 15 is 0 Å². The number of hydrogen-bond acceptors (Lipinski definition) is 6. The summed E-state index contributed by atoms with van der Waals surface area (Å²) in [6.07, 6.45) is -0.511. The number of aromatic amines is 1. The SMILES string of the molecule is CCNC(N)c1c(Nc2ccc(Oc3ccccc3)cc2)s[nH]c1=O. The third-order valence-electron chi connectivity index (χ3n) is 3.56. The van der Waals surface area contributed by atoms with E-state index < -0.39 is 6.17 Å². The molecule has 0 aliphatic rings. The second-order valence-electron chi connectivity index (χ2n) is 5.38. The topological polar surface area (TPSA) is 92.2 Å². The lowest BCUT2D eigenvalue weighted by molar-refractivity contribution is 0.483. The summed E-state index contributed by atoms with van der Waals surface area (Å²) < 4.78 is 8.49. The number of para-hydroxylation sites is 1. The third kappa shape index (κ3) is 4.27. The van der Waals surface area contributed by atoms with Crippen LogP contribution in [0.25, 0.3) is 0 Å². The summed E-state index contributed by atoms with van der Waals surface area (Å²) >= 11 is 1.23. The quantitative estimate of drug-likeness (QED) is 0.486. The molecule has 130 valence electrons. The summed E-state index contributed by atoms with van der Waals surface area (Å²) in [7, 11) is 0. The van der Waals surface area contributed by atoms with Gasteiger partial charge in [0.25, 0.3) is 5.56 Å². The number of rotatable bonds is 7. The van der Waals surface area contributed by atoms with Crippen LogP contribution in [0.4, 0.5) is 10.7 Å². The standard InChI is InChI=1S/C18H20N4O2S/c1-2-20-16(19)15-17(23)22-25-18(15)21-12-8-10-14(11-9-12)24-13-6-4-3-5-7-13/h3-11,16,20-21H,2,19H2,1H3,(H,22,23). The van der Waals surface area contributed by atoms with Crippen LogP contribution in [0.5, 0.6) is 11.5 Å². The zero-order valence-electron chi connectivity index (χ0n) is 13.8. The Hall–Kier alpha value is -2.61. The fourth-order valence-electron chi connectivity index (χ4n) is 2.37. The minimum atomic E-state index is -0.511. The van der Waals surface area contributed by atoms with Gasteiger partial charge in [-0.15, -0.1) is 0 Å². The van der Waals surface area contributed by atoms with Gasteiger partial charge in [0, 0.05) is 5.69 Å². The Kier molecular flexibility index (Phi) is 5.49. The molecule has 3 aromatic rings. The Morgan fingerprint density at radius 3 is 2.48 bits per heavy atom. The first-order valence-electron chi connectivity index (χ1n) is 7.97. The second kappa shape index (κ2) is 7.98. The van der Waals surface area contributed by atoms with Crippen molar-refractivity contribution in [2.75, 3.05) is 11.9 Å². The molecule has 1 aromatic heterocycles. The van der Waals surface area contributed by atoms with E-state index in [1.54, 1.807) is 0 Å². The number of H-pyrrole nitrogens is 1. The molecule has 1 heterocycles. The maximum Gasteiger partial charge on any atom is 0.266 e. The predicted octanol–water partition coefficient (Wildman–Crippen LogP) is 3.54. The Morgan fingerprint density at radius 2 is 1.80 bits per heavy atom. The lowest BCUT2D eigenvalue weighted by Gasteiger charge is -2.13. The molecule has 6 nitrogen and oxygen atoms in total. The number of ether oxygens (including phenoxy) is 1. The molecule has 25 heavy (non-hydrogen) atoms. The molecule has 0 saturated heterocycles. The molecule has 0 saturated carbocycles. The van der Waals surface area contributed by atoms with Crippen LogP contribution in [0.15, 0.2) is 59.4 Å². The molecule has 0 bridgehead atoms. The number of hydrogen-bond donors (Lipinski definition) is 4. The smallest absolute Gasteiger partial charge is 0.266 e. The minimum Gasteiger partial charge on any atom is -0.457 e. The van der Waals surface area contributed by atoms with Gasteiger partial charge in [0.2, 0.25) is 0 Å². The Bertz CT molecular complexity index is 859. The van der Waals surface area contributed by atoms with Crippen molar-refractivity contribution in [3.05, 3.63) is 70.5 Å². The van der Waals surface area contributed by atoms with Gasteiger partial charge >= 0.3 is 0 Å². The first-order chi connectivity index (χ1) is 12.2. The van der Waals surface area contributed by atoms with Gasteiger partial charge in [-0.3, -0.25) is 14.5 Å². The van der Waals surface area contributed by atoms with Crippen LogP contribution in [-0.4, -0.2) is 10.9 Å². The Labute approximate surface area is 149 Å². The molecule has 2 aromatic carbocycles. The number of anilines is 2. The van der Waals surface area contributed by atoms with Gasteiger partial charge in [-0.05, 0) is 54.5 Å². The fraction of sp³-hybridized carbons (Fsp3) is 0.167. The van der Waals surface area contributed by atoms with Crippen molar-refractivity contribution in [2.24, 2.45) is 5.73 Å². The summed E-state index contributed by atoms with van der Waals surface area (Å²) in [5.41, 5.74) is 7.21. The van der Waals surface area contributed by atoms with Crippen molar-refractivity contribution in [2.45, 2.75) is 13.1 Å². The van der Waals surface area contributed by atoms with Gasteiger partial charge in [0.05, 0.1) is 11.7 Å². The van der Waals surface area contributed by atoms with Crippen LogP contribution in [0, 0.1) is 0 Å². The molecule has 3 rings (SSSR count). The van der Waals surface area contributed by atoms with E-state index in [0.717, 1.165) is 17.2 Å². The summed E-state index contributed by atoms with van der Waals surface area (Å²) in [5, 5.41) is 7.00. The summed E-state index contributed by atoms with van der Waals surface area (Å²) in [5.74, 6) is 1.52. The van der Waals surface area contributed by atoms with E-state index in [1.807, 2.05) is 61.5 Å². The second-order valence-corrected chi connectivity index (χ2v) is 6.19. The molecule has 5 N–H and O–H groups in total. The normalized spacial score (nSPS) is 11.9. The molecule has 0 amide bonds. The van der Waals surface area contributed by atoms with Crippen LogP contribution in [0.1, 0.15) is 18.7 Å². The maximum absolute atomic E-state index is 12.0. The van der Waals surface area contributed by atoms with Gasteiger partial charge in [-0.1, -0.05) is 25.1 Å². The zero-order valence-corrected chi connectivity index (χ0v) is 14.6. The summed E-state index contributed by atoms with van der Waals surface area (Å²) in [4.78, 5) is 12.0. The van der Waals surface area contributed by atoms with E-state index in [2.05, 4.69) is 15.0 Å². The number of nitrogens with two attached hydrogens (primary N) is 1. The Morgan fingerprint density at radius 1 is 1.12 bits per heavy atom. The van der Waals surface area contributed by atoms with Crippen molar-refractivity contribution >= 4 is 22.2 Å². The molecule has 0 spiro atoms. The van der Waals surface area contributed by atoms with Gasteiger partial charge < -0.3 is 15.8 Å². The van der Waals surface area contributed by atoms with Crippen molar-refractivity contribution in [3.8, 4) is 11.5 Å². The molecule has 1 unspecified atom stereocenters. The van der Waals surface area contributed by atoms with E-state index in [4.69, 9.17) is 10.5 Å². The average molecular weight is 356 g/mol. The molecular formula is C18H20N4O2S. The number of nitrogens with one attached hydrogen (secondary N) is 3. The molecule has 0 fully saturated rings. The molecule has 1 atom stereocenters. The van der Waals surface area contributed by atoms with Gasteiger partial charge in [0.1, 0.15) is 16.5 Å². The predicted molar refractivity (Wildman–Crippen MR) is 102 cm³/mol. The van der Waals surface area contributed by atoms with Crippen LogP contribution >= 0.6 is 11.5 Å². The molecule has 0 radical (unpaired) electrons. The molecular weight excluding hydrogens is 336 g/mol. The van der Waals surface area contributed by atoms with Crippen LogP contribution < -0.4 is 26.7 Å². The van der Waals surface area contributed by atoms with Gasteiger partial charge in [-0.25, -0.2) is 0 Å². The fourth-order valence-corrected chi connectivity index (χ4v) is 3.17. The highest BCUT2D eigenvalue weighted by molar-refractivity contribution is 7.10. The van der Waals surface area contributed by atoms with Crippen molar-refractivity contribution in [3.63, 3.8) is 0 Å². The first-order valence-corrected chi connectivity index (χ1v) is 8.79. The Balaban J connectivity index is 1.73. The van der Waals surface area contributed by atoms with Crippen LogP contribution in [0.3, 0.4) is 0 Å². The lowest BCUT2D eigenvalue weighted by Crippen LogP contribution is -2.32.